The largest absolute Gasteiger partial charge is 0.480 e. The molecule has 1 aliphatic heterocycles. The molecule has 7 heteroatoms. The number of hydrogen-bond acceptors (Lipinski definition) is 5. The summed E-state index contributed by atoms with van der Waals surface area (Å²) in [6.45, 7) is 1.30. The van der Waals surface area contributed by atoms with E-state index in [-0.39, 0.29) is 23.5 Å². The van der Waals surface area contributed by atoms with Gasteiger partial charge < -0.3 is 20.9 Å². The Hall–Kier alpha value is -0.790. The molecule has 17 heavy (non-hydrogen) atoms. The average molecular weight is 262 g/mol. The molecule has 4 N–H and O–H groups in total. The minimum absolute atomic E-state index is 0.108. The number of aliphatic carboxylic acids is 1. The molecular formula is C10H18N2O4S. The molecule has 0 aromatic rings. The zero-order valence-electron chi connectivity index (χ0n) is 9.55. The lowest BCUT2D eigenvalue weighted by Crippen LogP contribution is -2.35. The van der Waals surface area contributed by atoms with Gasteiger partial charge >= 0.3 is 5.97 Å². The Labute approximate surface area is 104 Å². The smallest absolute Gasteiger partial charge is 0.321 e. The van der Waals surface area contributed by atoms with Crippen LogP contribution < -0.4 is 11.1 Å². The molecule has 1 amide bonds. The molecule has 1 unspecified atom stereocenters. The Morgan fingerprint density at radius 2 is 2.35 bits per heavy atom. The highest BCUT2D eigenvalue weighted by Gasteiger charge is 2.16. The van der Waals surface area contributed by atoms with Crippen molar-refractivity contribution in [2.45, 2.75) is 25.0 Å². The Morgan fingerprint density at radius 1 is 1.59 bits per heavy atom. The van der Waals surface area contributed by atoms with Crippen LogP contribution >= 0.6 is 11.8 Å². The second kappa shape index (κ2) is 7.52. The number of ether oxygens (including phenoxy) is 1. The standard InChI is InChI=1S/C10H18N2O4S/c11-8(10(14)15)5-17-6-9(13)12-4-7-2-1-3-16-7/h7-8H,1-6,11H2,(H,12,13)(H,14,15)/t7?,8-/m1/s1. The first kappa shape index (κ1) is 14.3. The predicted octanol–water partition coefficient (Wildman–Crippen LogP) is -0.573. The first-order chi connectivity index (χ1) is 8.09. The van der Waals surface area contributed by atoms with E-state index in [1.165, 1.54) is 11.8 Å². The second-order valence-electron chi connectivity index (χ2n) is 3.90. The van der Waals surface area contributed by atoms with Gasteiger partial charge in [-0.1, -0.05) is 0 Å². The molecule has 1 aliphatic rings. The quantitative estimate of drug-likeness (QED) is 0.568. The first-order valence-electron chi connectivity index (χ1n) is 5.54. The van der Waals surface area contributed by atoms with E-state index in [1.807, 2.05) is 0 Å². The topological polar surface area (TPSA) is 102 Å². The number of hydrogen-bond donors (Lipinski definition) is 3. The summed E-state index contributed by atoms with van der Waals surface area (Å²) in [5, 5.41) is 11.3. The van der Waals surface area contributed by atoms with Gasteiger partial charge in [0.15, 0.2) is 0 Å². The number of rotatable bonds is 7. The van der Waals surface area contributed by atoms with Crippen LogP contribution in [0.1, 0.15) is 12.8 Å². The number of carboxylic acid groups (broad SMARTS) is 1. The van der Waals surface area contributed by atoms with Gasteiger partial charge in [0, 0.05) is 18.9 Å². The Balaban J connectivity index is 2.02. The van der Waals surface area contributed by atoms with Crippen LogP contribution in [0.3, 0.4) is 0 Å². The van der Waals surface area contributed by atoms with Gasteiger partial charge in [-0.2, -0.15) is 0 Å². The summed E-state index contributed by atoms with van der Waals surface area (Å²) in [6.07, 6.45) is 2.16. The highest BCUT2D eigenvalue weighted by atomic mass is 32.2. The number of thioether (sulfide) groups is 1. The van der Waals surface area contributed by atoms with Gasteiger partial charge in [0.05, 0.1) is 11.9 Å². The van der Waals surface area contributed by atoms with Crippen LogP contribution in [0.15, 0.2) is 0 Å². The van der Waals surface area contributed by atoms with E-state index in [2.05, 4.69) is 5.32 Å². The molecule has 1 fully saturated rings. The van der Waals surface area contributed by atoms with Gasteiger partial charge in [0.2, 0.25) is 5.91 Å². The highest BCUT2D eigenvalue weighted by molar-refractivity contribution is 8.00. The van der Waals surface area contributed by atoms with Gasteiger partial charge in [-0.25, -0.2) is 0 Å². The summed E-state index contributed by atoms with van der Waals surface area (Å²) in [5.74, 6) is -0.684. The van der Waals surface area contributed by atoms with Crippen LogP contribution in [0.5, 0.6) is 0 Å². The molecule has 0 radical (unpaired) electrons. The van der Waals surface area contributed by atoms with Gasteiger partial charge in [-0.15, -0.1) is 11.8 Å². The third kappa shape index (κ3) is 5.90. The number of carboxylic acids is 1. The Bertz CT molecular complexity index is 269. The molecule has 6 nitrogen and oxygen atoms in total. The molecule has 0 saturated carbocycles. The van der Waals surface area contributed by atoms with E-state index >= 15 is 0 Å². The molecule has 0 aromatic carbocycles. The van der Waals surface area contributed by atoms with Crippen molar-refractivity contribution in [1.82, 2.24) is 5.32 Å². The fourth-order valence-electron chi connectivity index (χ4n) is 1.43. The number of nitrogens with two attached hydrogens (primary N) is 1. The van der Waals surface area contributed by atoms with Crippen molar-refractivity contribution in [1.29, 1.82) is 0 Å². The van der Waals surface area contributed by atoms with Gasteiger partial charge in [-0.05, 0) is 12.8 Å². The van der Waals surface area contributed by atoms with Crippen LogP contribution in [0.25, 0.3) is 0 Å². The molecular weight excluding hydrogens is 244 g/mol. The van der Waals surface area contributed by atoms with Crippen LogP contribution in [-0.4, -0.2) is 53.8 Å². The molecule has 98 valence electrons. The summed E-state index contributed by atoms with van der Waals surface area (Å²) in [4.78, 5) is 21.8. The lowest BCUT2D eigenvalue weighted by molar-refractivity contribution is -0.138. The van der Waals surface area contributed by atoms with Crippen LogP contribution in [-0.2, 0) is 14.3 Å². The van der Waals surface area contributed by atoms with Crippen molar-refractivity contribution in [2.24, 2.45) is 5.73 Å². The van der Waals surface area contributed by atoms with Crippen molar-refractivity contribution in [2.75, 3.05) is 24.7 Å². The lowest BCUT2D eigenvalue weighted by Gasteiger charge is -2.11. The molecule has 1 saturated heterocycles. The fraction of sp³-hybridized carbons (Fsp3) is 0.800. The second-order valence-corrected chi connectivity index (χ2v) is 4.93. The van der Waals surface area contributed by atoms with Crippen molar-refractivity contribution in [3.05, 3.63) is 0 Å². The lowest BCUT2D eigenvalue weighted by atomic mass is 10.2. The maximum atomic E-state index is 11.4. The number of carbonyl (C=O) groups is 2. The summed E-state index contributed by atoms with van der Waals surface area (Å²) >= 11 is 1.22. The van der Waals surface area contributed by atoms with Crippen LogP contribution in [0.2, 0.25) is 0 Å². The van der Waals surface area contributed by atoms with Crippen molar-refractivity contribution < 1.29 is 19.4 Å². The summed E-state index contributed by atoms with van der Waals surface area (Å²) in [5.41, 5.74) is 5.30. The van der Waals surface area contributed by atoms with Crippen molar-refractivity contribution in [3.8, 4) is 0 Å². The molecule has 1 heterocycles. The molecule has 0 aliphatic carbocycles. The van der Waals surface area contributed by atoms with E-state index in [0.717, 1.165) is 19.4 Å². The monoisotopic (exact) mass is 262 g/mol. The summed E-state index contributed by atoms with van der Waals surface area (Å²) in [7, 11) is 0. The molecule has 2 atom stereocenters. The maximum Gasteiger partial charge on any atom is 0.321 e. The van der Waals surface area contributed by atoms with Crippen molar-refractivity contribution >= 4 is 23.6 Å². The normalized spacial score (nSPS) is 21.1. The Kier molecular flexibility index (Phi) is 6.31. The van der Waals surface area contributed by atoms with E-state index in [1.54, 1.807) is 0 Å². The summed E-state index contributed by atoms with van der Waals surface area (Å²) in [6, 6.07) is -0.911. The average Bonchev–Trinajstić information content (AvgIpc) is 2.78. The third-order valence-corrected chi connectivity index (χ3v) is 3.46. The zero-order valence-corrected chi connectivity index (χ0v) is 10.4. The predicted molar refractivity (Wildman–Crippen MR) is 64.9 cm³/mol. The number of amides is 1. The highest BCUT2D eigenvalue weighted by Crippen LogP contribution is 2.10. The maximum absolute atomic E-state index is 11.4. The van der Waals surface area contributed by atoms with E-state index in [0.29, 0.717) is 6.54 Å². The third-order valence-electron chi connectivity index (χ3n) is 2.40. The molecule has 0 bridgehead atoms. The van der Waals surface area contributed by atoms with E-state index < -0.39 is 12.0 Å². The zero-order chi connectivity index (χ0) is 12.7. The molecule has 0 spiro atoms. The van der Waals surface area contributed by atoms with E-state index in [9.17, 15) is 9.59 Å². The van der Waals surface area contributed by atoms with Crippen molar-refractivity contribution in [3.63, 3.8) is 0 Å². The SMILES string of the molecule is N[C@H](CSCC(=O)NCC1CCCO1)C(=O)O. The fourth-order valence-corrected chi connectivity index (χ4v) is 2.24. The minimum atomic E-state index is -1.04. The van der Waals surface area contributed by atoms with Crippen LogP contribution in [0, 0.1) is 0 Å². The Morgan fingerprint density at radius 3 is 2.94 bits per heavy atom. The number of carbonyl (C=O) groups excluding carboxylic acids is 1. The van der Waals surface area contributed by atoms with Gasteiger partial charge in [0.1, 0.15) is 6.04 Å². The summed E-state index contributed by atoms with van der Waals surface area (Å²) < 4.78 is 5.36. The molecule has 1 rings (SSSR count). The van der Waals surface area contributed by atoms with Gasteiger partial charge in [-0.3, -0.25) is 9.59 Å². The van der Waals surface area contributed by atoms with E-state index in [4.69, 9.17) is 15.6 Å². The van der Waals surface area contributed by atoms with Crippen LogP contribution in [0.4, 0.5) is 0 Å². The van der Waals surface area contributed by atoms with Gasteiger partial charge in [0.25, 0.3) is 0 Å². The minimum Gasteiger partial charge on any atom is -0.480 e. The molecule has 0 aromatic heterocycles. The number of nitrogens with one attached hydrogen (secondary N) is 1. The first-order valence-corrected chi connectivity index (χ1v) is 6.69.